The van der Waals surface area contributed by atoms with Crippen LogP contribution in [-0.4, -0.2) is 16.4 Å². The molecule has 0 aliphatic carbocycles. The minimum absolute atomic E-state index is 0.494. The lowest BCUT2D eigenvalue weighted by molar-refractivity contribution is 0.225. The van der Waals surface area contributed by atoms with Gasteiger partial charge in [-0.05, 0) is 6.42 Å². The van der Waals surface area contributed by atoms with E-state index < -0.39 is 7.82 Å². The molecule has 0 aromatic rings. The molecule has 1 fully saturated rings. The second-order valence-electron chi connectivity index (χ2n) is 2.13. The molecule has 6 heteroatoms. The van der Waals surface area contributed by atoms with Crippen LogP contribution in [0.25, 0.3) is 0 Å². The molecule has 0 radical (unpaired) electrons. The third kappa shape index (κ3) is 3.41. The average Bonchev–Trinajstić information content (AvgIpc) is 2.32. The van der Waals surface area contributed by atoms with E-state index in [4.69, 9.17) is 14.5 Å². The Balaban J connectivity index is 2.40. The third-order valence-electron chi connectivity index (χ3n) is 1.18. The highest BCUT2D eigenvalue weighted by molar-refractivity contribution is 7.46. The molecule has 11 heavy (non-hydrogen) atoms. The predicted octanol–water partition coefficient (Wildman–Crippen LogP) is 0.747. The number of phosphoric acid groups is 1. The van der Waals surface area contributed by atoms with Gasteiger partial charge in [-0.3, -0.25) is 9.79 Å². The minimum atomic E-state index is -4.37. The van der Waals surface area contributed by atoms with Crippen molar-refractivity contribution in [3.8, 4) is 0 Å². The molecular formula is C5H9O5P. The van der Waals surface area contributed by atoms with E-state index >= 15 is 0 Å². The number of allylic oxidation sites excluding steroid dienone is 1. The van der Waals surface area contributed by atoms with Gasteiger partial charge in [0, 0.05) is 6.42 Å². The maximum absolute atomic E-state index is 10.2. The first-order chi connectivity index (χ1) is 5.08. The highest BCUT2D eigenvalue weighted by atomic mass is 31.2. The van der Waals surface area contributed by atoms with Crippen molar-refractivity contribution in [2.75, 3.05) is 6.61 Å². The molecule has 0 atom stereocenters. The van der Waals surface area contributed by atoms with Crippen LogP contribution in [-0.2, 0) is 13.8 Å². The van der Waals surface area contributed by atoms with E-state index in [1.54, 1.807) is 0 Å². The largest absolute Gasteiger partial charge is 0.524 e. The lowest BCUT2D eigenvalue weighted by atomic mass is 10.3. The SMILES string of the molecule is O=P(O)(O)O/C=C1/CCCO1. The fourth-order valence-corrected chi connectivity index (χ4v) is 0.997. The van der Waals surface area contributed by atoms with Crippen molar-refractivity contribution >= 4 is 7.82 Å². The monoisotopic (exact) mass is 180 g/mol. The Hall–Kier alpha value is -0.510. The van der Waals surface area contributed by atoms with Gasteiger partial charge in [-0.2, -0.15) is 0 Å². The van der Waals surface area contributed by atoms with E-state index in [1.165, 1.54) is 0 Å². The molecule has 2 N–H and O–H groups in total. The van der Waals surface area contributed by atoms with Crippen LogP contribution in [0.1, 0.15) is 12.8 Å². The summed E-state index contributed by atoms with van der Waals surface area (Å²) in [5.74, 6) is 0.494. The van der Waals surface area contributed by atoms with Crippen LogP contribution in [0.15, 0.2) is 12.0 Å². The summed E-state index contributed by atoms with van der Waals surface area (Å²) in [7, 11) is -4.37. The fourth-order valence-electron chi connectivity index (χ4n) is 0.742. The number of hydrogen-bond acceptors (Lipinski definition) is 3. The van der Waals surface area contributed by atoms with E-state index in [1.807, 2.05) is 0 Å². The van der Waals surface area contributed by atoms with E-state index in [0.717, 1.165) is 12.7 Å². The first-order valence-electron chi connectivity index (χ1n) is 3.14. The van der Waals surface area contributed by atoms with Crippen molar-refractivity contribution < 1.29 is 23.6 Å². The van der Waals surface area contributed by atoms with Crippen LogP contribution < -0.4 is 0 Å². The van der Waals surface area contributed by atoms with Gasteiger partial charge in [0.2, 0.25) is 0 Å². The van der Waals surface area contributed by atoms with Crippen molar-refractivity contribution in [3.63, 3.8) is 0 Å². The highest BCUT2D eigenvalue weighted by Gasteiger charge is 2.15. The number of hydrogen-bond donors (Lipinski definition) is 2. The van der Waals surface area contributed by atoms with Gasteiger partial charge in [-0.25, -0.2) is 4.57 Å². The van der Waals surface area contributed by atoms with Crippen LogP contribution in [0.2, 0.25) is 0 Å². The van der Waals surface area contributed by atoms with Crippen LogP contribution in [0.4, 0.5) is 0 Å². The topological polar surface area (TPSA) is 76.0 Å². The molecule has 0 aromatic heterocycles. The molecule has 5 nitrogen and oxygen atoms in total. The van der Waals surface area contributed by atoms with Gasteiger partial charge >= 0.3 is 7.82 Å². The first kappa shape index (κ1) is 8.59. The quantitative estimate of drug-likeness (QED) is 0.484. The maximum atomic E-state index is 10.2. The van der Waals surface area contributed by atoms with Crippen LogP contribution >= 0.6 is 7.82 Å². The van der Waals surface area contributed by atoms with Crippen molar-refractivity contribution in [3.05, 3.63) is 12.0 Å². The van der Waals surface area contributed by atoms with Crippen molar-refractivity contribution in [1.29, 1.82) is 0 Å². The second kappa shape index (κ2) is 3.26. The van der Waals surface area contributed by atoms with E-state index in [0.29, 0.717) is 18.8 Å². The zero-order valence-corrected chi connectivity index (χ0v) is 6.66. The van der Waals surface area contributed by atoms with Gasteiger partial charge in [0.05, 0.1) is 6.61 Å². The van der Waals surface area contributed by atoms with Gasteiger partial charge in [0.25, 0.3) is 0 Å². The summed E-state index contributed by atoms with van der Waals surface area (Å²) in [6.45, 7) is 0.594. The van der Waals surface area contributed by atoms with Gasteiger partial charge in [-0.1, -0.05) is 0 Å². The number of phosphoric ester groups is 1. The Kier molecular flexibility index (Phi) is 2.54. The molecule has 0 unspecified atom stereocenters. The molecule has 0 amide bonds. The van der Waals surface area contributed by atoms with Gasteiger partial charge in [0.1, 0.15) is 12.0 Å². The van der Waals surface area contributed by atoms with Crippen molar-refractivity contribution in [1.82, 2.24) is 0 Å². The highest BCUT2D eigenvalue weighted by Crippen LogP contribution is 2.37. The average molecular weight is 180 g/mol. The molecule has 1 saturated heterocycles. The van der Waals surface area contributed by atoms with Gasteiger partial charge in [-0.15, -0.1) is 0 Å². The molecule has 0 saturated carbocycles. The second-order valence-corrected chi connectivity index (χ2v) is 3.32. The smallest absolute Gasteiger partial charge is 0.495 e. The zero-order chi connectivity index (χ0) is 8.32. The fraction of sp³-hybridized carbons (Fsp3) is 0.600. The lowest BCUT2D eigenvalue weighted by Gasteiger charge is -2.01. The molecule has 1 rings (SSSR count). The molecule has 0 spiro atoms. The summed E-state index contributed by atoms with van der Waals surface area (Å²) in [5, 5.41) is 0. The molecule has 0 aromatic carbocycles. The minimum Gasteiger partial charge on any atom is -0.495 e. The summed E-state index contributed by atoms with van der Waals surface area (Å²) in [4.78, 5) is 16.5. The molecule has 1 aliphatic rings. The Bertz CT molecular complexity index is 197. The summed E-state index contributed by atoms with van der Waals surface area (Å²) in [6, 6.07) is 0. The maximum Gasteiger partial charge on any atom is 0.524 e. The van der Waals surface area contributed by atoms with Crippen molar-refractivity contribution in [2.24, 2.45) is 0 Å². The molecule has 64 valence electrons. The molecular weight excluding hydrogens is 171 g/mol. The van der Waals surface area contributed by atoms with Gasteiger partial charge < -0.3 is 9.26 Å². The zero-order valence-electron chi connectivity index (χ0n) is 5.77. The molecule has 1 heterocycles. The third-order valence-corrected chi connectivity index (χ3v) is 1.56. The standard InChI is InChI=1S/C5H9O5P/c6-11(7,8)10-4-5-2-1-3-9-5/h4H,1-3H2,(H2,6,7,8)/b5-4-. The Morgan fingerprint density at radius 2 is 2.36 bits per heavy atom. The molecule has 1 aliphatic heterocycles. The Labute approximate surface area is 63.9 Å². The summed E-state index contributed by atoms with van der Waals surface area (Å²) in [5.41, 5.74) is 0. The van der Waals surface area contributed by atoms with Gasteiger partial charge in [0.15, 0.2) is 0 Å². The van der Waals surface area contributed by atoms with E-state index in [9.17, 15) is 4.57 Å². The van der Waals surface area contributed by atoms with Crippen LogP contribution in [0.5, 0.6) is 0 Å². The number of rotatable bonds is 2. The van der Waals surface area contributed by atoms with E-state index in [-0.39, 0.29) is 0 Å². The van der Waals surface area contributed by atoms with Crippen LogP contribution in [0, 0.1) is 0 Å². The first-order valence-corrected chi connectivity index (χ1v) is 4.67. The summed E-state index contributed by atoms with van der Waals surface area (Å²) in [6.07, 6.45) is 2.53. The lowest BCUT2D eigenvalue weighted by Crippen LogP contribution is -1.83. The Morgan fingerprint density at radius 3 is 2.82 bits per heavy atom. The molecule has 0 bridgehead atoms. The normalized spacial score (nSPS) is 21.8. The van der Waals surface area contributed by atoms with Crippen molar-refractivity contribution in [2.45, 2.75) is 12.8 Å². The number of ether oxygens (including phenoxy) is 1. The predicted molar refractivity (Wildman–Crippen MR) is 36.4 cm³/mol. The van der Waals surface area contributed by atoms with Crippen LogP contribution in [0.3, 0.4) is 0 Å². The Morgan fingerprint density at radius 1 is 1.64 bits per heavy atom. The van der Waals surface area contributed by atoms with E-state index in [2.05, 4.69) is 4.52 Å². The summed E-state index contributed by atoms with van der Waals surface area (Å²) < 4.78 is 19.2. The summed E-state index contributed by atoms with van der Waals surface area (Å²) >= 11 is 0.